The number of benzene rings is 2. The number of anilines is 2. The number of nitro groups is 1. The molecule has 1 aliphatic heterocycles. The van der Waals surface area contributed by atoms with E-state index in [-0.39, 0.29) is 22.8 Å². The molecule has 10 heteroatoms. The van der Waals surface area contributed by atoms with Crippen molar-refractivity contribution in [2.45, 2.75) is 6.54 Å². The Kier molecular flexibility index (Phi) is 7.51. The molecule has 2 aromatic carbocycles. The third-order valence-corrected chi connectivity index (χ3v) is 5.69. The molecule has 35 heavy (non-hydrogen) atoms. The van der Waals surface area contributed by atoms with Crippen molar-refractivity contribution in [3.8, 4) is 0 Å². The molecule has 1 aliphatic rings. The summed E-state index contributed by atoms with van der Waals surface area (Å²) in [5.41, 5.74) is 1.02. The third kappa shape index (κ3) is 6.11. The predicted octanol–water partition coefficient (Wildman–Crippen LogP) is 3.11. The van der Waals surface area contributed by atoms with Gasteiger partial charge in [-0.15, -0.1) is 0 Å². The lowest BCUT2D eigenvalue weighted by molar-refractivity contribution is -0.384. The lowest BCUT2D eigenvalue weighted by atomic mass is 10.1. The van der Waals surface area contributed by atoms with Gasteiger partial charge >= 0.3 is 5.97 Å². The highest BCUT2D eigenvalue weighted by molar-refractivity contribution is 5.93. The molecule has 0 spiro atoms. The van der Waals surface area contributed by atoms with Gasteiger partial charge in [-0.05, 0) is 29.8 Å². The number of nitro benzene ring substituents is 1. The molecule has 1 aromatic heterocycles. The van der Waals surface area contributed by atoms with Crippen molar-refractivity contribution in [3.05, 3.63) is 94.2 Å². The first-order valence-corrected chi connectivity index (χ1v) is 11.2. The van der Waals surface area contributed by atoms with Crippen molar-refractivity contribution in [3.63, 3.8) is 0 Å². The lowest BCUT2D eigenvalue weighted by Crippen LogP contribution is -2.50. The molecule has 1 saturated heterocycles. The van der Waals surface area contributed by atoms with Crippen LogP contribution in [0.2, 0.25) is 0 Å². The highest BCUT2D eigenvalue weighted by Crippen LogP contribution is 2.26. The molecule has 0 saturated carbocycles. The molecule has 0 atom stereocenters. The second kappa shape index (κ2) is 11.1. The zero-order valence-electron chi connectivity index (χ0n) is 19.0. The molecule has 2 heterocycles. The normalized spacial score (nSPS) is 13.3. The Balaban J connectivity index is 1.31. The highest BCUT2D eigenvalue weighted by atomic mass is 16.6. The minimum absolute atomic E-state index is 0.00901. The fraction of sp³-hybridized carbons (Fsp3) is 0.240. The molecule has 1 fully saturated rings. The van der Waals surface area contributed by atoms with Crippen LogP contribution in [0.15, 0.2) is 72.9 Å². The second-order valence-corrected chi connectivity index (χ2v) is 7.96. The number of aromatic nitrogens is 1. The van der Waals surface area contributed by atoms with Crippen LogP contribution in [0.25, 0.3) is 0 Å². The Morgan fingerprint density at radius 3 is 2.43 bits per heavy atom. The van der Waals surface area contributed by atoms with E-state index in [0.29, 0.717) is 32.7 Å². The maximum atomic E-state index is 12.5. The summed E-state index contributed by atoms with van der Waals surface area (Å²) in [5, 5.41) is 14.6. The molecule has 0 unspecified atom stereocenters. The number of carbonyl (C=O) groups is 2. The topological polar surface area (TPSA) is 118 Å². The van der Waals surface area contributed by atoms with Crippen molar-refractivity contribution in [2.24, 2.45) is 0 Å². The molecule has 10 nitrogen and oxygen atoms in total. The quantitative estimate of drug-likeness (QED) is 0.300. The maximum Gasteiger partial charge on any atom is 0.338 e. The van der Waals surface area contributed by atoms with Crippen molar-refractivity contribution < 1.29 is 19.2 Å². The van der Waals surface area contributed by atoms with Crippen molar-refractivity contribution in [1.29, 1.82) is 0 Å². The summed E-state index contributed by atoms with van der Waals surface area (Å²) < 4.78 is 5.16. The standard InChI is InChI=1S/C25H25N5O5/c31-24(29-14-12-28(13-15-29)23-8-4-5-11-26-23)18-35-25(32)20-9-10-21(22(16-20)30(33)34)27-17-19-6-2-1-3-7-19/h1-11,16,27H,12-15,17-18H2. The number of hydrogen-bond acceptors (Lipinski definition) is 8. The fourth-order valence-electron chi connectivity index (χ4n) is 3.78. The van der Waals surface area contributed by atoms with Gasteiger partial charge in [0.2, 0.25) is 0 Å². The van der Waals surface area contributed by atoms with Gasteiger partial charge in [0.15, 0.2) is 6.61 Å². The number of rotatable bonds is 8. The fourth-order valence-corrected chi connectivity index (χ4v) is 3.78. The van der Waals surface area contributed by atoms with E-state index < -0.39 is 17.5 Å². The van der Waals surface area contributed by atoms with Gasteiger partial charge in [0, 0.05) is 45.0 Å². The van der Waals surface area contributed by atoms with Gasteiger partial charge < -0.3 is 19.9 Å². The van der Waals surface area contributed by atoms with Gasteiger partial charge in [0.25, 0.3) is 11.6 Å². The molecule has 1 N–H and O–H groups in total. The van der Waals surface area contributed by atoms with Crippen LogP contribution in [-0.2, 0) is 16.1 Å². The highest BCUT2D eigenvalue weighted by Gasteiger charge is 2.24. The van der Waals surface area contributed by atoms with Gasteiger partial charge in [0.1, 0.15) is 11.5 Å². The van der Waals surface area contributed by atoms with Crippen LogP contribution in [0.3, 0.4) is 0 Å². The number of esters is 1. The van der Waals surface area contributed by atoms with Gasteiger partial charge in [-0.25, -0.2) is 9.78 Å². The van der Waals surface area contributed by atoms with Crippen LogP contribution in [0.5, 0.6) is 0 Å². The van der Waals surface area contributed by atoms with Crippen molar-refractivity contribution in [2.75, 3.05) is 43.0 Å². The van der Waals surface area contributed by atoms with E-state index in [0.717, 1.165) is 17.4 Å². The van der Waals surface area contributed by atoms with E-state index in [4.69, 9.17) is 4.74 Å². The maximum absolute atomic E-state index is 12.5. The zero-order valence-corrected chi connectivity index (χ0v) is 19.0. The molecule has 180 valence electrons. The second-order valence-electron chi connectivity index (χ2n) is 7.96. The molecular weight excluding hydrogens is 450 g/mol. The number of nitrogens with one attached hydrogen (secondary N) is 1. The van der Waals surface area contributed by atoms with Crippen LogP contribution in [0.4, 0.5) is 17.2 Å². The van der Waals surface area contributed by atoms with E-state index in [1.807, 2.05) is 48.5 Å². The van der Waals surface area contributed by atoms with E-state index in [9.17, 15) is 19.7 Å². The Hall–Kier alpha value is -4.47. The number of amides is 1. The van der Waals surface area contributed by atoms with Crippen molar-refractivity contribution >= 4 is 29.1 Å². The van der Waals surface area contributed by atoms with E-state index in [1.54, 1.807) is 11.1 Å². The minimum Gasteiger partial charge on any atom is -0.452 e. The molecule has 1 amide bonds. The van der Waals surface area contributed by atoms with E-state index in [2.05, 4.69) is 15.2 Å². The number of hydrogen-bond donors (Lipinski definition) is 1. The number of ether oxygens (including phenoxy) is 1. The first-order chi connectivity index (χ1) is 17.0. The summed E-state index contributed by atoms with van der Waals surface area (Å²) in [6, 6.07) is 19.2. The van der Waals surface area contributed by atoms with Gasteiger partial charge in [-0.3, -0.25) is 14.9 Å². The molecule has 3 aromatic rings. The average Bonchev–Trinajstić information content (AvgIpc) is 2.91. The van der Waals surface area contributed by atoms with Crippen LogP contribution in [0, 0.1) is 10.1 Å². The summed E-state index contributed by atoms with van der Waals surface area (Å²) in [5.74, 6) is -0.243. The lowest BCUT2D eigenvalue weighted by Gasteiger charge is -2.35. The smallest absolute Gasteiger partial charge is 0.338 e. The number of pyridine rings is 1. The van der Waals surface area contributed by atoms with E-state index >= 15 is 0 Å². The summed E-state index contributed by atoms with van der Waals surface area (Å²) in [4.78, 5) is 44.0. The number of carbonyl (C=O) groups excluding carboxylic acids is 2. The first kappa shape index (κ1) is 23.7. The Morgan fingerprint density at radius 2 is 1.74 bits per heavy atom. The summed E-state index contributed by atoms with van der Waals surface area (Å²) in [6.45, 7) is 2.19. The SMILES string of the molecule is O=C(OCC(=O)N1CCN(c2ccccn2)CC1)c1ccc(NCc2ccccc2)c([N+](=O)[O-])c1. The van der Waals surface area contributed by atoms with Gasteiger partial charge in [-0.1, -0.05) is 36.4 Å². The minimum atomic E-state index is -0.789. The average molecular weight is 476 g/mol. The van der Waals surface area contributed by atoms with Gasteiger partial charge in [0.05, 0.1) is 10.5 Å². The van der Waals surface area contributed by atoms with E-state index in [1.165, 1.54) is 12.1 Å². The Bertz CT molecular complexity index is 1180. The molecule has 4 rings (SSSR count). The summed E-state index contributed by atoms with van der Waals surface area (Å²) in [7, 11) is 0. The first-order valence-electron chi connectivity index (χ1n) is 11.2. The Labute approximate surface area is 202 Å². The zero-order chi connectivity index (χ0) is 24.6. The summed E-state index contributed by atoms with van der Waals surface area (Å²) in [6.07, 6.45) is 1.72. The van der Waals surface area contributed by atoms with Gasteiger partial charge in [-0.2, -0.15) is 0 Å². The number of nitrogens with zero attached hydrogens (tertiary/aromatic N) is 4. The van der Waals surface area contributed by atoms with Crippen LogP contribution < -0.4 is 10.2 Å². The third-order valence-electron chi connectivity index (χ3n) is 5.69. The predicted molar refractivity (Wildman–Crippen MR) is 130 cm³/mol. The molecule has 0 aliphatic carbocycles. The summed E-state index contributed by atoms with van der Waals surface area (Å²) >= 11 is 0. The molecule has 0 bridgehead atoms. The number of piperazine rings is 1. The monoisotopic (exact) mass is 475 g/mol. The van der Waals surface area contributed by atoms with Crippen molar-refractivity contribution in [1.82, 2.24) is 9.88 Å². The largest absolute Gasteiger partial charge is 0.452 e. The van der Waals surface area contributed by atoms with Crippen LogP contribution in [0.1, 0.15) is 15.9 Å². The van der Waals surface area contributed by atoms with Crippen LogP contribution in [-0.4, -0.2) is 59.5 Å². The molecule has 0 radical (unpaired) electrons. The Morgan fingerprint density at radius 1 is 1.00 bits per heavy atom. The van der Waals surface area contributed by atoms with Crippen LogP contribution >= 0.6 is 0 Å². The molecular formula is C25H25N5O5.